The Balaban J connectivity index is 1.94. The highest BCUT2D eigenvalue weighted by atomic mass is 19.4. The second-order valence-corrected chi connectivity index (χ2v) is 4.28. The van der Waals surface area contributed by atoms with Crippen molar-refractivity contribution in [3.63, 3.8) is 0 Å². The Kier molecular flexibility index (Phi) is 4.12. The highest BCUT2D eigenvalue weighted by molar-refractivity contribution is 5.33. The van der Waals surface area contributed by atoms with Crippen LogP contribution >= 0.6 is 0 Å². The standard InChI is InChI=1S/C14H13F3N2O/c15-14(16,17)20-12-5-3-10(4-6-12)1-2-11-7-8-19-13(18)9-11/h3-9H,1-2H2,(H2,18,19). The number of aryl methyl sites for hydroxylation is 2. The summed E-state index contributed by atoms with van der Waals surface area (Å²) >= 11 is 0. The van der Waals surface area contributed by atoms with Crippen molar-refractivity contribution in [2.45, 2.75) is 19.2 Å². The quantitative estimate of drug-likeness (QED) is 0.935. The van der Waals surface area contributed by atoms with Crippen LogP contribution in [0.25, 0.3) is 0 Å². The summed E-state index contributed by atoms with van der Waals surface area (Å²) in [6.07, 6.45) is -1.58. The molecule has 0 unspecified atom stereocenters. The van der Waals surface area contributed by atoms with E-state index in [-0.39, 0.29) is 5.75 Å². The normalized spacial score (nSPS) is 11.3. The van der Waals surface area contributed by atoms with Gasteiger partial charge in [0.05, 0.1) is 0 Å². The third-order valence-corrected chi connectivity index (χ3v) is 2.70. The van der Waals surface area contributed by atoms with Crippen LogP contribution in [-0.4, -0.2) is 11.3 Å². The number of nitrogens with zero attached hydrogens (tertiary/aromatic N) is 1. The number of halogens is 3. The number of nitrogens with two attached hydrogens (primary N) is 1. The Morgan fingerprint density at radius 2 is 1.65 bits per heavy atom. The number of alkyl halides is 3. The van der Waals surface area contributed by atoms with Gasteiger partial charge in [-0.25, -0.2) is 4.98 Å². The van der Waals surface area contributed by atoms with Gasteiger partial charge in [0, 0.05) is 6.20 Å². The fourth-order valence-electron chi connectivity index (χ4n) is 1.80. The van der Waals surface area contributed by atoms with Crippen LogP contribution in [0, 0.1) is 0 Å². The maximum absolute atomic E-state index is 12.0. The topological polar surface area (TPSA) is 48.1 Å². The molecule has 3 nitrogen and oxygen atoms in total. The van der Waals surface area contributed by atoms with Crippen molar-refractivity contribution in [2.75, 3.05) is 5.73 Å². The Labute approximate surface area is 114 Å². The number of benzene rings is 1. The van der Waals surface area contributed by atoms with Crippen LogP contribution in [0.15, 0.2) is 42.6 Å². The van der Waals surface area contributed by atoms with E-state index in [1.165, 1.54) is 12.1 Å². The lowest BCUT2D eigenvalue weighted by molar-refractivity contribution is -0.274. The molecule has 6 heteroatoms. The van der Waals surface area contributed by atoms with E-state index in [9.17, 15) is 13.2 Å². The molecule has 0 radical (unpaired) electrons. The van der Waals surface area contributed by atoms with Crippen LogP contribution in [0.1, 0.15) is 11.1 Å². The van der Waals surface area contributed by atoms with Gasteiger partial charge in [-0.2, -0.15) is 0 Å². The van der Waals surface area contributed by atoms with E-state index in [1.807, 2.05) is 6.07 Å². The largest absolute Gasteiger partial charge is 0.573 e. The number of rotatable bonds is 4. The van der Waals surface area contributed by atoms with Gasteiger partial charge in [0.1, 0.15) is 11.6 Å². The minimum absolute atomic E-state index is 0.214. The van der Waals surface area contributed by atoms with Gasteiger partial charge >= 0.3 is 6.36 Å². The first-order valence-corrected chi connectivity index (χ1v) is 5.97. The molecule has 0 saturated heterocycles. The van der Waals surface area contributed by atoms with E-state index in [2.05, 4.69) is 9.72 Å². The van der Waals surface area contributed by atoms with E-state index in [0.29, 0.717) is 12.2 Å². The lowest BCUT2D eigenvalue weighted by Gasteiger charge is -2.09. The van der Waals surface area contributed by atoms with Crippen LogP contribution < -0.4 is 10.5 Å². The highest BCUT2D eigenvalue weighted by Gasteiger charge is 2.30. The third-order valence-electron chi connectivity index (χ3n) is 2.70. The molecule has 20 heavy (non-hydrogen) atoms. The molecule has 1 aromatic heterocycles. The van der Waals surface area contributed by atoms with Gasteiger partial charge in [-0.3, -0.25) is 0 Å². The number of pyridine rings is 1. The molecule has 0 bridgehead atoms. The molecule has 0 aliphatic carbocycles. The third kappa shape index (κ3) is 4.46. The first-order valence-electron chi connectivity index (χ1n) is 5.97. The van der Waals surface area contributed by atoms with Crippen molar-refractivity contribution in [3.8, 4) is 5.75 Å². The number of ether oxygens (including phenoxy) is 1. The molecular weight excluding hydrogens is 269 g/mol. The molecule has 1 heterocycles. The van der Waals surface area contributed by atoms with Crippen molar-refractivity contribution < 1.29 is 17.9 Å². The number of hydrogen-bond acceptors (Lipinski definition) is 3. The van der Waals surface area contributed by atoms with Gasteiger partial charge in [0.15, 0.2) is 0 Å². The lowest BCUT2D eigenvalue weighted by atomic mass is 10.1. The van der Waals surface area contributed by atoms with E-state index >= 15 is 0 Å². The number of nitrogen functional groups attached to an aromatic ring is 1. The predicted octanol–water partition coefficient (Wildman–Crippen LogP) is 3.35. The smallest absolute Gasteiger partial charge is 0.406 e. The molecule has 2 N–H and O–H groups in total. The molecule has 0 saturated carbocycles. The molecule has 0 fully saturated rings. The average Bonchev–Trinajstić information content (AvgIpc) is 2.36. The van der Waals surface area contributed by atoms with Crippen molar-refractivity contribution in [1.29, 1.82) is 0 Å². The van der Waals surface area contributed by atoms with Crippen molar-refractivity contribution in [3.05, 3.63) is 53.7 Å². The summed E-state index contributed by atoms with van der Waals surface area (Å²) < 4.78 is 39.8. The average molecular weight is 282 g/mol. The molecule has 1 aromatic carbocycles. The van der Waals surface area contributed by atoms with Crippen molar-refractivity contribution >= 4 is 5.82 Å². The Hall–Kier alpha value is -2.24. The summed E-state index contributed by atoms with van der Waals surface area (Å²) in [6, 6.07) is 9.49. The van der Waals surface area contributed by atoms with Crippen LogP contribution in [0.3, 0.4) is 0 Å². The molecule has 0 aliphatic heterocycles. The fourth-order valence-corrected chi connectivity index (χ4v) is 1.80. The summed E-state index contributed by atoms with van der Waals surface area (Å²) in [5.74, 6) is 0.242. The van der Waals surface area contributed by atoms with E-state index in [4.69, 9.17) is 5.73 Å². The van der Waals surface area contributed by atoms with E-state index < -0.39 is 6.36 Å². The molecule has 2 rings (SSSR count). The van der Waals surface area contributed by atoms with Crippen LogP contribution in [0.4, 0.5) is 19.0 Å². The summed E-state index contributed by atoms with van der Waals surface area (Å²) in [7, 11) is 0. The summed E-state index contributed by atoms with van der Waals surface area (Å²) in [4.78, 5) is 3.90. The summed E-state index contributed by atoms with van der Waals surface area (Å²) in [5, 5.41) is 0. The minimum Gasteiger partial charge on any atom is -0.406 e. The highest BCUT2D eigenvalue weighted by Crippen LogP contribution is 2.23. The molecule has 0 spiro atoms. The second-order valence-electron chi connectivity index (χ2n) is 4.28. The second kappa shape index (κ2) is 5.81. The van der Waals surface area contributed by atoms with E-state index in [0.717, 1.165) is 17.5 Å². The maximum atomic E-state index is 12.0. The van der Waals surface area contributed by atoms with Crippen molar-refractivity contribution in [2.24, 2.45) is 0 Å². The van der Waals surface area contributed by atoms with E-state index in [1.54, 1.807) is 24.4 Å². The molecular formula is C14H13F3N2O. The van der Waals surface area contributed by atoms with Gasteiger partial charge in [-0.15, -0.1) is 13.2 Å². The summed E-state index contributed by atoms with van der Waals surface area (Å²) in [6.45, 7) is 0. The zero-order valence-corrected chi connectivity index (χ0v) is 10.5. The molecule has 0 aliphatic rings. The number of hydrogen-bond donors (Lipinski definition) is 1. The first-order chi connectivity index (χ1) is 9.42. The van der Waals surface area contributed by atoms with Gasteiger partial charge < -0.3 is 10.5 Å². The lowest BCUT2D eigenvalue weighted by Crippen LogP contribution is -2.17. The van der Waals surface area contributed by atoms with Gasteiger partial charge in [0.25, 0.3) is 0 Å². The predicted molar refractivity (Wildman–Crippen MR) is 69.2 cm³/mol. The SMILES string of the molecule is Nc1cc(CCc2ccc(OC(F)(F)F)cc2)ccn1. The molecule has 0 atom stereocenters. The molecule has 0 amide bonds. The summed E-state index contributed by atoms with van der Waals surface area (Å²) in [5.41, 5.74) is 7.53. The maximum Gasteiger partial charge on any atom is 0.573 e. The monoisotopic (exact) mass is 282 g/mol. The van der Waals surface area contributed by atoms with Crippen molar-refractivity contribution in [1.82, 2.24) is 4.98 Å². The first kappa shape index (κ1) is 14.2. The van der Waals surface area contributed by atoms with Crippen LogP contribution in [-0.2, 0) is 12.8 Å². The zero-order valence-electron chi connectivity index (χ0n) is 10.5. The molecule has 2 aromatic rings. The van der Waals surface area contributed by atoms with Gasteiger partial charge in [-0.05, 0) is 48.2 Å². The fraction of sp³-hybridized carbons (Fsp3) is 0.214. The Bertz CT molecular complexity index is 567. The minimum atomic E-state index is -4.66. The zero-order chi connectivity index (χ0) is 14.6. The van der Waals surface area contributed by atoms with Crippen LogP contribution in [0.2, 0.25) is 0 Å². The molecule has 106 valence electrons. The number of aromatic nitrogens is 1. The van der Waals surface area contributed by atoms with Crippen LogP contribution in [0.5, 0.6) is 5.75 Å². The Morgan fingerprint density at radius 3 is 2.25 bits per heavy atom. The number of anilines is 1. The Morgan fingerprint density at radius 1 is 1.00 bits per heavy atom. The van der Waals surface area contributed by atoms with Gasteiger partial charge in [0.2, 0.25) is 0 Å². The van der Waals surface area contributed by atoms with Gasteiger partial charge in [-0.1, -0.05) is 12.1 Å².